The van der Waals surface area contributed by atoms with Crippen LogP contribution in [0.5, 0.6) is 11.5 Å². The van der Waals surface area contributed by atoms with Crippen molar-refractivity contribution < 1.29 is 19.8 Å². The molecule has 292 valence electrons. The third-order valence-electron chi connectivity index (χ3n) is 11.1. The fourth-order valence-corrected chi connectivity index (χ4v) is 8.53. The number of benzene rings is 8. The number of azo groups is 2. The Balaban J connectivity index is 0.921. The first-order chi connectivity index (χ1) is 29.8. The highest BCUT2D eigenvalue weighted by atomic mass is 35.5. The summed E-state index contributed by atoms with van der Waals surface area (Å²) in [7, 11) is 1.49. The predicted molar refractivity (Wildman–Crippen MR) is 237 cm³/mol. The third kappa shape index (κ3) is 5.61. The first-order valence-electron chi connectivity index (χ1n) is 19.1. The van der Waals surface area contributed by atoms with E-state index in [9.17, 15) is 19.8 Å². The Morgan fingerprint density at radius 1 is 0.639 bits per heavy atom. The molecule has 13 heteroatoms. The number of phenols is 2. The Kier molecular flexibility index (Phi) is 8.14. The van der Waals surface area contributed by atoms with Crippen molar-refractivity contribution >= 4 is 101 Å². The fraction of sp³-hybridized carbons (Fsp3) is 0.0208. The van der Waals surface area contributed by atoms with E-state index < -0.39 is 0 Å². The van der Waals surface area contributed by atoms with Gasteiger partial charge in [-0.25, -0.2) is 10.0 Å². The van der Waals surface area contributed by atoms with Crippen LogP contribution in [0.15, 0.2) is 165 Å². The van der Waals surface area contributed by atoms with Gasteiger partial charge in [0.2, 0.25) is 0 Å². The monoisotopic (exact) mass is 817 g/mol. The van der Waals surface area contributed by atoms with Crippen LogP contribution < -0.4 is 10.6 Å². The lowest BCUT2D eigenvalue weighted by Crippen LogP contribution is -2.15. The average Bonchev–Trinajstić information content (AvgIpc) is 3.80. The van der Waals surface area contributed by atoms with Crippen molar-refractivity contribution in [2.75, 3.05) is 12.2 Å². The second-order valence-electron chi connectivity index (χ2n) is 14.5. The largest absolute Gasteiger partial charge is 0.506 e. The number of fused-ring (bicyclic) bond motifs is 8. The lowest BCUT2D eigenvalue weighted by molar-refractivity contribution is 0.104. The van der Waals surface area contributed by atoms with Crippen LogP contribution in [0.3, 0.4) is 0 Å². The SMILES string of the molecule is CON(c1cccc(Cl)c1)c1cc2ccccc2c(N=Nc2ccc3c(c2)C(=O)c2cc(N=Nc4c(O)cc5c6c4cccc6c(=O)n4c6ccccc6nc54)ccc2-3)c1O. The minimum Gasteiger partial charge on any atom is -0.506 e. The molecule has 0 saturated carbocycles. The number of hydrogen-bond acceptors (Lipinski definition) is 11. The summed E-state index contributed by atoms with van der Waals surface area (Å²) < 4.78 is 1.57. The maximum atomic E-state index is 13.9. The van der Waals surface area contributed by atoms with Crippen LogP contribution in [0, 0.1) is 0 Å². The van der Waals surface area contributed by atoms with Gasteiger partial charge < -0.3 is 10.2 Å². The zero-order valence-electron chi connectivity index (χ0n) is 31.9. The average molecular weight is 818 g/mol. The van der Waals surface area contributed by atoms with Gasteiger partial charge in [-0.15, -0.1) is 10.2 Å². The maximum Gasteiger partial charge on any atom is 0.264 e. The van der Waals surface area contributed by atoms with Gasteiger partial charge >= 0.3 is 0 Å². The first-order valence-corrected chi connectivity index (χ1v) is 19.5. The van der Waals surface area contributed by atoms with Crippen molar-refractivity contribution in [3.8, 4) is 22.6 Å². The molecule has 0 fully saturated rings. The van der Waals surface area contributed by atoms with Crippen LogP contribution >= 0.6 is 11.6 Å². The second kappa shape index (κ2) is 13.8. The number of halogens is 1. The van der Waals surface area contributed by atoms with Crippen molar-refractivity contribution in [1.82, 2.24) is 9.38 Å². The van der Waals surface area contributed by atoms with Crippen LogP contribution in [0.1, 0.15) is 15.9 Å². The van der Waals surface area contributed by atoms with Crippen molar-refractivity contribution in [3.05, 3.63) is 166 Å². The summed E-state index contributed by atoms with van der Waals surface area (Å²) in [5.74, 6) is -0.517. The number of phenolic OH excluding ortho intramolecular Hbond substituents is 2. The lowest BCUT2D eigenvalue weighted by atomic mass is 10.0. The Hall–Kier alpha value is -8.06. The number of aromatic hydroxyl groups is 2. The van der Waals surface area contributed by atoms with Gasteiger partial charge in [-0.3, -0.25) is 18.8 Å². The third-order valence-corrected chi connectivity index (χ3v) is 11.3. The van der Waals surface area contributed by atoms with E-state index in [0.717, 1.165) is 16.5 Å². The van der Waals surface area contributed by atoms with E-state index in [2.05, 4.69) is 20.5 Å². The Bertz CT molecular complexity index is 3640. The molecule has 61 heavy (non-hydrogen) atoms. The molecule has 2 heterocycles. The highest BCUT2D eigenvalue weighted by molar-refractivity contribution is 6.31. The van der Waals surface area contributed by atoms with Gasteiger partial charge in [-0.05, 0) is 89.3 Å². The summed E-state index contributed by atoms with van der Waals surface area (Å²) in [6.45, 7) is 0. The van der Waals surface area contributed by atoms with Gasteiger partial charge in [-0.1, -0.05) is 78.3 Å². The molecule has 11 rings (SSSR count). The van der Waals surface area contributed by atoms with Gasteiger partial charge in [0, 0.05) is 43.1 Å². The van der Waals surface area contributed by atoms with Crippen LogP contribution in [0.2, 0.25) is 5.02 Å². The van der Waals surface area contributed by atoms with Crippen LogP contribution in [-0.2, 0) is 4.84 Å². The topological polar surface area (TPSA) is 154 Å². The molecule has 0 radical (unpaired) electrons. The zero-order chi connectivity index (χ0) is 41.5. The first kappa shape index (κ1) is 36.1. The van der Waals surface area contributed by atoms with E-state index in [0.29, 0.717) is 82.5 Å². The highest BCUT2D eigenvalue weighted by Gasteiger charge is 2.28. The van der Waals surface area contributed by atoms with Crippen LogP contribution in [-0.4, -0.2) is 32.5 Å². The van der Waals surface area contributed by atoms with E-state index in [1.165, 1.54) is 12.2 Å². The number of rotatable bonds is 7. The Morgan fingerprint density at radius 3 is 2.07 bits per heavy atom. The number of para-hydroxylation sites is 2. The number of carbonyl (C=O) groups excluding carboxylic acids is 1. The highest BCUT2D eigenvalue weighted by Crippen LogP contribution is 2.47. The number of anilines is 2. The molecule has 2 aromatic heterocycles. The predicted octanol–water partition coefficient (Wildman–Crippen LogP) is 12.6. The summed E-state index contributed by atoms with van der Waals surface area (Å²) in [5, 5.41) is 46.5. The normalized spacial score (nSPS) is 12.6. The van der Waals surface area contributed by atoms with Gasteiger partial charge in [0.05, 0.1) is 35.2 Å². The van der Waals surface area contributed by atoms with Gasteiger partial charge in [-0.2, -0.15) is 10.2 Å². The molecule has 0 spiro atoms. The number of carbonyl (C=O) groups is 1. The molecule has 0 aliphatic heterocycles. The number of pyridine rings is 1. The van der Waals surface area contributed by atoms with Gasteiger partial charge in [0.25, 0.3) is 5.56 Å². The molecule has 2 N–H and O–H groups in total. The standard InChI is InChI=1S/C48H28ClN7O5/c1-61-56(29-10-6-9-26(49)21-29)40-20-25-8-2-3-11-30(25)44(46(40)59)54-52-28-17-19-32-31-18-16-27(22-35(31)45(58)36(32)23-28)51-53-43-33-12-7-13-34-42(33)37(24-41(43)57)47-50-38-14-4-5-15-39(38)55(47)48(34)60/h2-24,57,59H,1H3. The molecule has 1 aliphatic rings. The maximum absolute atomic E-state index is 13.9. The fourth-order valence-electron chi connectivity index (χ4n) is 8.35. The molecule has 0 amide bonds. The number of aromatic nitrogens is 2. The summed E-state index contributed by atoms with van der Waals surface area (Å²) in [6, 6.07) is 41.1. The smallest absolute Gasteiger partial charge is 0.264 e. The van der Waals surface area contributed by atoms with E-state index in [-0.39, 0.29) is 34.2 Å². The summed E-state index contributed by atoms with van der Waals surface area (Å²) in [5.41, 5.74) is 6.03. The molecule has 8 aromatic carbocycles. The second-order valence-corrected chi connectivity index (χ2v) is 15.0. The zero-order valence-corrected chi connectivity index (χ0v) is 32.7. The molecule has 0 unspecified atom stereocenters. The van der Waals surface area contributed by atoms with Crippen LogP contribution in [0.25, 0.3) is 60.1 Å². The quantitative estimate of drug-likeness (QED) is 0.120. The summed E-state index contributed by atoms with van der Waals surface area (Å²) in [6.07, 6.45) is 0. The Labute approximate surface area is 349 Å². The molecule has 0 atom stereocenters. The Morgan fingerprint density at radius 2 is 1.31 bits per heavy atom. The summed E-state index contributed by atoms with van der Waals surface area (Å²) in [4.78, 5) is 38.2. The van der Waals surface area contributed by atoms with E-state index in [4.69, 9.17) is 21.4 Å². The minimum atomic E-state index is -0.225. The lowest BCUT2D eigenvalue weighted by Gasteiger charge is -2.24. The molecule has 12 nitrogen and oxygen atoms in total. The summed E-state index contributed by atoms with van der Waals surface area (Å²) >= 11 is 6.27. The molecule has 1 aliphatic carbocycles. The van der Waals surface area contributed by atoms with Gasteiger partial charge in [0.15, 0.2) is 11.5 Å². The number of nitrogens with zero attached hydrogens (tertiary/aromatic N) is 7. The van der Waals surface area contributed by atoms with E-state index in [1.807, 2.05) is 60.7 Å². The number of imidazole rings is 1. The molecule has 0 saturated heterocycles. The van der Waals surface area contributed by atoms with Crippen molar-refractivity contribution in [2.45, 2.75) is 0 Å². The van der Waals surface area contributed by atoms with Crippen LogP contribution in [0.4, 0.5) is 34.1 Å². The van der Waals surface area contributed by atoms with E-state index >= 15 is 0 Å². The molecule has 10 aromatic rings. The molecular formula is C48H28ClN7O5. The van der Waals surface area contributed by atoms with Crippen molar-refractivity contribution in [3.63, 3.8) is 0 Å². The molecular weight excluding hydrogens is 790 g/mol. The number of ketones is 1. The van der Waals surface area contributed by atoms with Gasteiger partial charge in [0.1, 0.15) is 28.5 Å². The van der Waals surface area contributed by atoms with Crippen molar-refractivity contribution in [1.29, 1.82) is 0 Å². The number of hydrogen-bond donors (Lipinski definition) is 2. The minimum absolute atomic E-state index is 0.132. The van der Waals surface area contributed by atoms with E-state index in [1.54, 1.807) is 83.3 Å². The van der Waals surface area contributed by atoms with Crippen molar-refractivity contribution in [2.24, 2.45) is 20.5 Å². The molecule has 0 bridgehead atoms.